The highest BCUT2D eigenvalue weighted by atomic mass is 16.4. The van der Waals surface area contributed by atoms with E-state index < -0.39 is 5.97 Å². The van der Waals surface area contributed by atoms with E-state index in [1.54, 1.807) is 9.58 Å². The van der Waals surface area contributed by atoms with Crippen molar-refractivity contribution in [3.05, 3.63) is 28.6 Å². The van der Waals surface area contributed by atoms with E-state index in [0.717, 1.165) is 11.5 Å². The molecule has 2 aromatic heterocycles. The molecule has 1 aliphatic heterocycles. The number of rotatable bonds is 6. The van der Waals surface area contributed by atoms with Gasteiger partial charge in [0.05, 0.1) is 0 Å². The van der Waals surface area contributed by atoms with Crippen molar-refractivity contribution in [2.75, 3.05) is 6.54 Å². The molecule has 0 aliphatic carbocycles. The van der Waals surface area contributed by atoms with Gasteiger partial charge < -0.3 is 10.0 Å². The number of aryl methyl sites for hydroxylation is 2. The molecule has 9 nitrogen and oxygen atoms in total. The van der Waals surface area contributed by atoms with Crippen LogP contribution in [-0.2, 0) is 30.7 Å². The molecule has 9 heteroatoms. The summed E-state index contributed by atoms with van der Waals surface area (Å²) < 4.78 is 1.79. The van der Waals surface area contributed by atoms with Crippen molar-refractivity contribution in [1.82, 2.24) is 29.9 Å². The van der Waals surface area contributed by atoms with Crippen molar-refractivity contribution >= 4 is 11.9 Å². The fourth-order valence-electron chi connectivity index (χ4n) is 3.25. The average Bonchev–Trinajstić information content (AvgIpc) is 3.15. The van der Waals surface area contributed by atoms with Gasteiger partial charge in [-0.2, -0.15) is 10.2 Å². The van der Waals surface area contributed by atoms with Gasteiger partial charge in [0.15, 0.2) is 11.5 Å². The Bertz CT molecular complexity index is 823. The summed E-state index contributed by atoms with van der Waals surface area (Å²) in [5.74, 6) is 0.633. The van der Waals surface area contributed by atoms with Gasteiger partial charge in [0, 0.05) is 50.2 Å². The maximum atomic E-state index is 12.5. The van der Waals surface area contributed by atoms with Crippen molar-refractivity contribution in [2.45, 2.75) is 53.1 Å². The Labute approximate surface area is 151 Å². The van der Waals surface area contributed by atoms with E-state index in [2.05, 4.69) is 34.1 Å². The number of hydrogen-bond donors (Lipinski definition) is 2. The van der Waals surface area contributed by atoms with E-state index in [0.29, 0.717) is 56.2 Å². The van der Waals surface area contributed by atoms with Crippen molar-refractivity contribution in [3.8, 4) is 0 Å². The van der Waals surface area contributed by atoms with Crippen molar-refractivity contribution in [2.24, 2.45) is 5.92 Å². The molecule has 1 aliphatic rings. The Kier molecular flexibility index (Phi) is 5.06. The molecular weight excluding hydrogens is 336 g/mol. The molecule has 140 valence electrons. The molecule has 0 fully saturated rings. The van der Waals surface area contributed by atoms with Gasteiger partial charge in [-0.05, 0) is 12.8 Å². The maximum Gasteiger partial charge on any atom is 0.356 e. The van der Waals surface area contributed by atoms with Crippen LogP contribution in [0.2, 0.25) is 0 Å². The number of nitrogens with one attached hydrogen (secondary N) is 1. The fourth-order valence-corrected chi connectivity index (χ4v) is 3.25. The molecule has 0 radical (unpaired) electrons. The van der Waals surface area contributed by atoms with Crippen LogP contribution in [0.4, 0.5) is 0 Å². The predicted molar refractivity (Wildman–Crippen MR) is 92.6 cm³/mol. The molecule has 0 unspecified atom stereocenters. The quantitative estimate of drug-likeness (QED) is 0.799. The minimum atomic E-state index is -1.05. The third-order valence-corrected chi connectivity index (χ3v) is 4.43. The molecule has 2 N–H and O–H groups in total. The zero-order chi connectivity index (χ0) is 18.8. The van der Waals surface area contributed by atoms with Crippen molar-refractivity contribution < 1.29 is 14.7 Å². The van der Waals surface area contributed by atoms with Crippen molar-refractivity contribution in [1.29, 1.82) is 0 Å². The van der Waals surface area contributed by atoms with E-state index in [9.17, 15) is 14.7 Å². The van der Waals surface area contributed by atoms with Crippen LogP contribution in [-0.4, -0.2) is 53.4 Å². The SMILES string of the molecule is Cc1nc(CCC(=O)N2CCc3c(c(C(=O)O)nn3CC(C)C)C2)n[nH]1. The predicted octanol–water partition coefficient (Wildman–Crippen LogP) is 1.18. The lowest BCUT2D eigenvalue weighted by Gasteiger charge is -2.28. The van der Waals surface area contributed by atoms with E-state index in [1.807, 2.05) is 6.92 Å². The van der Waals surface area contributed by atoms with E-state index in [1.165, 1.54) is 0 Å². The summed E-state index contributed by atoms with van der Waals surface area (Å²) >= 11 is 0. The maximum absolute atomic E-state index is 12.5. The second-order valence-corrected chi connectivity index (χ2v) is 7.06. The Morgan fingerprint density at radius 2 is 2.12 bits per heavy atom. The Balaban J connectivity index is 1.72. The summed E-state index contributed by atoms with van der Waals surface area (Å²) in [5.41, 5.74) is 1.65. The van der Waals surface area contributed by atoms with Crippen LogP contribution in [0, 0.1) is 12.8 Å². The van der Waals surface area contributed by atoms with E-state index in [4.69, 9.17) is 0 Å². The summed E-state index contributed by atoms with van der Waals surface area (Å²) in [5, 5.41) is 20.5. The van der Waals surface area contributed by atoms with Crippen molar-refractivity contribution in [3.63, 3.8) is 0 Å². The van der Waals surface area contributed by atoms with Gasteiger partial charge in [-0.1, -0.05) is 13.8 Å². The van der Waals surface area contributed by atoms with Gasteiger partial charge in [0.25, 0.3) is 0 Å². The van der Waals surface area contributed by atoms with Crippen LogP contribution in [0.25, 0.3) is 0 Å². The Morgan fingerprint density at radius 3 is 2.73 bits per heavy atom. The summed E-state index contributed by atoms with van der Waals surface area (Å²) in [6.07, 6.45) is 1.38. The average molecular weight is 360 g/mol. The lowest BCUT2D eigenvalue weighted by atomic mass is 10.0. The van der Waals surface area contributed by atoms with Gasteiger partial charge in [-0.3, -0.25) is 14.6 Å². The Morgan fingerprint density at radius 1 is 1.35 bits per heavy atom. The largest absolute Gasteiger partial charge is 0.476 e. The molecule has 0 saturated carbocycles. The molecule has 26 heavy (non-hydrogen) atoms. The number of aromatic amines is 1. The number of aromatic nitrogens is 5. The molecule has 2 aromatic rings. The first kappa shape index (κ1) is 18.1. The van der Waals surface area contributed by atoms with Crippen LogP contribution in [0.1, 0.15) is 53.7 Å². The second kappa shape index (κ2) is 7.27. The molecular formula is C17H24N6O3. The zero-order valence-electron chi connectivity index (χ0n) is 15.3. The number of carbonyl (C=O) groups excluding carboxylic acids is 1. The summed E-state index contributed by atoms with van der Waals surface area (Å²) in [4.78, 5) is 30.0. The van der Waals surface area contributed by atoms with Gasteiger partial charge >= 0.3 is 5.97 Å². The molecule has 0 spiro atoms. The number of carboxylic acid groups (broad SMARTS) is 1. The molecule has 3 heterocycles. The molecule has 1 amide bonds. The third-order valence-electron chi connectivity index (χ3n) is 4.43. The number of amides is 1. The van der Waals surface area contributed by atoms with Crippen LogP contribution in [0.5, 0.6) is 0 Å². The zero-order valence-corrected chi connectivity index (χ0v) is 15.3. The van der Waals surface area contributed by atoms with Gasteiger partial charge in [-0.15, -0.1) is 0 Å². The fraction of sp³-hybridized carbons (Fsp3) is 0.588. The van der Waals surface area contributed by atoms with Crippen LogP contribution < -0.4 is 0 Å². The van der Waals surface area contributed by atoms with E-state index in [-0.39, 0.29) is 11.6 Å². The minimum absolute atomic E-state index is 0.0222. The molecule has 0 saturated heterocycles. The monoisotopic (exact) mass is 360 g/mol. The number of nitrogens with zero attached hydrogens (tertiary/aromatic N) is 5. The Hall–Kier alpha value is -2.71. The standard InChI is InChI=1S/C17H24N6O3/c1-10(2)8-23-13-6-7-22(9-12(13)16(21-23)17(25)26)15(24)5-4-14-18-11(3)19-20-14/h10H,4-9H2,1-3H3,(H,25,26)(H,18,19,20). The molecule has 0 aromatic carbocycles. The third kappa shape index (κ3) is 3.76. The first-order valence-electron chi connectivity index (χ1n) is 8.82. The number of H-pyrrole nitrogens is 1. The summed E-state index contributed by atoms with van der Waals surface area (Å²) in [6, 6.07) is 0. The number of aromatic carboxylic acids is 1. The van der Waals surface area contributed by atoms with Gasteiger partial charge in [0.1, 0.15) is 5.82 Å². The molecule has 0 bridgehead atoms. The highest BCUT2D eigenvalue weighted by Crippen LogP contribution is 2.24. The first-order valence-corrected chi connectivity index (χ1v) is 8.82. The highest BCUT2D eigenvalue weighted by molar-refractivity contribution is 5.88. The highest BCUT2D eigenvalue weighted by Gasteiger charge is 2.30. The van der Waals surface area contributed by atoms with Crippen LogP contribution in [0.15, 0.2) is 0 Å². The topological polar surface area (TPSA) is 117 Å². The lowest BCUT2D eigenvalue weighted by Crippen LogP contribution is -2.37. The second-order valence-electron chi connectivity index (χ2n) is 7.06. The number of fused-ring (bicyclic) bond motifs is 1. The van der Waals surface area contributed by atoms with Crippen LogP contribution in [0.3, 0.4) is 0 Å². The smallest absolute Gasteiger partial charge is 0.356 e. The minimum Gasteiger partial charge on any atom is -0.476 e. The van der Waals surface area contributed by atoms with Crippen LogP contribution >= 0.6 is 0 Å². The number of carboxylic acids is 1. The number of carbonyl (C=O) groups is 2. The summed E-state index contributed by atoms with van der Waals surface area (Å²) in [6.45, 7) is 7.49. The van der Waals surface area contributed by atoms with E-state index >= 15 is 0 Å². The summed E-state index contributed by atoms with van der Waals surface area (Å²) in [7, 11) is 0. The number of hydrogen-bond acceptors (Lipinski definition) is 5. The van der Waals surface area contributed by atoms with Gasteiger partial charge in [0.2, 0.25) is 5.91 Å². The van der Waals surface area contributed by atoms with Gasteiger partial charge in [-0.25, -0.2) is 9.78 Å². The first-order chi connectivity index (χ1) is 12.3. The molecule has 0 atom stereocenters. The normalized spacial score (nSPS) is 13.9. The molecule has 3 rings (SSSR count). The lowest BCUT2D eigenvalue weighted by molar-refractivity contribution is -0.132.